The van der Waals surface area contributed by atoms with Gasteiger partial charge in [-0.1, -0.05) is 6.92 Å². The number of hydrogen-bond acceptors (Lipinski definition) is 3. The van der Waals surface area contributed by atoms with Gasteiger partial charge in [-0.15, -0.1) is 0 Å². The zero-order valence-electron chi connectivity index (χ0n) is 5.85. The van der Waals surface area contributed by atoms with Crippen LogP contribution in [0, 0.1) is 0 Å². The lowest BCUT2D eigenvalue weighted by atomic mass is 10.5. The van der Waals surface area contributed by atoms with Gasteiger partial charge in [0.1, 0.15) is 0 Å². The van der Waals surface area contributed by atoms with Crippen LogP contribution in [0.3, 0.4) is 0 Å². The fourth-order valence-corrected chi connectivity index (χ4v) is 1.25. The highest BCUT2D eigenvalue weighted by atomic mass is 32.2. The summed E-state index contributed by atoms with van der Waals surface area (Å²) in [6.07, 6.45) is 0.907. The van der Waals surface area contributed by atoms with Gasteiger partial charge in [0.2, 0.25) is 0 Å². The maximum absolute atomic E-state index is 4.83. The van der Waals surface area contributed by atoms with Crippen molar-refractivity contribution in [3.05, 3.63) is 0 Å². The summed E-state index contributed by atoms with van der Waals surface area (Å²) in [5.41, 5.74) is 0. The number of methoxy groups -OCH3 is 1. The van der Waals surface area contributed by atoms with Gasteiger partial charge in [0.15, 0.2) is 5.05 Å². The Hall–Kier alpha value is 0.240. The SMILES string of the molecule is CCSCCC(=S)OC. The third-order valence-corrected chi connectivity index (χ3v) is 2.15. The molecule has 0 saturated carbocycles. The lowest BCUT2D eigenvalue weighted by molar-refractivity contribution is 0.405. The van der Waals surface area contributed by atoms with Crippen molar-refractivity contribution in [3.8, 4) is 0 Å². The van der Waals surface area contributed by atoms with Crippen molar-refractivity contribution in [2.75, 3.05) is 18.6 Å². The fourth-order valence-electron chi connectivity index (χ4n) is 0.402. The predicted molar refractivity (Wildman–Crippen MR) is 47.2 cm³/mol. The first kappa shape index (κ1) is 9.24. The van der Waals surface area contributed by atoms with Crippen molar-refractivity contribution in [1.29, 1.82) is 0 Å². The molecule has 0 spiro atoms. The zero-order valence-corrected chi connectivity index (χ0v) is 7.48. The molecule has 0 N–H and O–H groups in total. The van der Waals surface area contributed by atoms with Crippen LogP contribution in [0.15, 0.2) is 0 Å². The molecule has 0 aromatic carbocycles. The average Bonchev–Trinajstić information content (AvgIpc) is 1.89. The molecular formula is C6H12OS2. The third kappa shape index (κ3) is 6.12. The molecule has 0 aromatic heterocycles. The number of ether oxygens (including phenoxy) is 1. The van der Waals surface area contributed by atoms with Gasteiger partial charge in [-0.05, 0) is 18.0 Å². The van der Waals surface area contributed by atoms with Crippen molar-refractivity contribution in [2.45, 2.75) is 13.3 Å². The van der Waals surface area contributed by atoms with E-state index in [0.29, 0.717) is 0 Å². The second kappa shape index (κ2) is 6.36. The Kier molecular flexibility index (Phi) is 6.53. The zero-order chi connectivity index (χ0) is 7.11. The Labute approximate surface area is 66.2 Å². The Bertz CT molecular complexity index is 83.1. The van der Waals surface area contributed by atoms with Crippen LogP contribution in [0.5, 0.6) is 0 Å². The highest BCUT2D eigenvalue weighted by Gasteiger charge is 1.92. The Morgan fingerprint density at radius 3 is 2.78 bits per heavy atom. The van der Waals surface area contributed by atoms with E-state index in [1.165, 1.54) is 0 Å². The molecule has 0 aliphatic carbocycles. The molecule has 0 radical (unpaired) electrons. The summed E-state index contributed by atoms with van der Waals surface area (Å²) in [7, 11) is 1.62. The van der Waals surface area contributed by atoms with Crippen LogP contribution >= 0.6 is 24.0 Å². The first-order valence-electron chi connectivity index (χ1n) is 2.95. The summed E-state index contributed by atoms with van der Waals surface area (Å²) in [6.45, 7) is 2.14. The molecule has 0 aromatic rings. The van der Waals surface area contributed by atoms with Gasteiger partial charge in [0.25, 0.3) is 0 Å². The Morgan fingerprint density at radius 2 is 2.33 bits per heavy atom. The quantitative estimate of drug-likeness (QED) is 0.465. The van der Waals surface area contributed by atoms with Crippen LogP contribution in [0.25, 0.3) is 0 Å². The van der Waals surface area contributed by atoms with Crippen molar-refractivity contribution < 1.29 is 4.74 Å². The van der Waals surface area contributed by atoms with E-state index >= 15 is 0 Å². The Morgan fingerprint density at radius 1 is 1.67 bits per heavy atom. The molecule has 3 heteroatoms. The fraction of sp³-hybridized carbons (Fsp3) is 0.833. The van der Waals surface area contributed by atoms with E-state index in [9.17, 15) is 0 Å². The molecule has 0 rings (SSSR count). The van der Waals surface area contributed by atoms with Gasteiger partial charge in [0.05, 0.1) is 7.11 Å². The molecule has 1 nitrogen and oxygen atoms in total. The van der Waals surface area contributed by atoms with Gasteiger partial charge in [-0.3, -0.25) is 0 Å². The highest BCUT2D eigenvalue weighted by Crippen LogP contribution is 2.01. The molecule has 0 unspecified atom stereocenters. The largest absolute Gasteiger partial charge is 0.490 e. The number of hydrogen-bond donors (Lipinski definition) is 0. The maximum atomic E-state index is 4.83. The van der Waals surface area contributed by atoms with Crippen molar-refractivity contribution >= 4 is 29.0 Å². The minimum atomic E-state index is 0.718. The summed E-state index contributed by atoms with van der Waals surface area (Å²) >= 11 is 6.72. The van der Waals surface area contributed by atoms with Crippen LogP contribution in [-0.2, 0) is 4.74 Å². The van der Waals surface area contributed by atoms with Crippen LogP contribution < -0.4 is 0 Å². The van der Waals surface area contributed by atoms with Gasteiger partial charge in [-0.25, -0.2) is 0 Å². The molecule has 0 saturated heterocycles. The van der Waals surface area contributed by atoms with E-state index in [4.69, 9.17) is 17.0 Å². The van der Waals surface area contributed by atoms with E-state index in [2.05, 4.69) is 6.92 Å². The second-order valence-electron chi connectivity index (χ2n) is 1.52. The van der Waals surface area contributed by atoms with Crippen LogP contribution in [0.4, 0.5) is 0 Å². The molecule has 54 valence electrons. The van der Waals surface area contributed by atoms with Crippen molar-refractivity contribution in [3.63, 3.8) is 0 Å². The van der Waals surface area contributed by atoms with Crippen LogP contribution in [-0.4, -0.2) is 23.7 Å². The monoisotopic (exact) mass is 164 g/mol. The summed E-state index contributed by atoms with van der Waals surface area (Å²) < 4.78 is 4.81. The molecule has 0 atom stereocenters. The predicted octanol–water partition coefficient (Wildman–Crippen LogP) is 2.10. The van der Waals surface area contributed by atoms with E-state index < -0.39 is 0 Å². The van der Waals surface area contributed by atoms with Gasteiger partial charge in [0, 0.05) is 12.2 Å². The van der Waals surface area contributed by atoms with Crippen molar-refractivity contribution in [1.82, 2.24) is 0 Å². The van der Waals surface area contributed by atoms with E-state index in [1.807, 2.05) is 11.8 Å². The molecule has 0 heterocycles. The normalized spacial score (nSPS) is 9.11. The first-order valence-corrected chi connectivity index (χ1v) is 4.52. The molecule has 0 fully saturated rings. The lowest BCUT2D eigenvalue weighted by Gasteiger charge is -1.99. The molecule has 9 heavy (non-hydrogen) atoms. The summed E-state index contributed by atoms with van der Waals surface area (Å²) in [5.74, 6) is 2.25. The highest BCUT2D eigenvalue weighted by molar-refractivity contribution is 7.99. The van der Waals surface area contributed by atoms with E-state index in [1.54, 1.807) is 7.11 Å². The molecule has 0 amide bonds. The summed E-state index contributed by atoms with van der Waals surface area (Å²) in [5, 5.41) is 0.718. The van der Waals surface area contributed by atoms with Crippen LogP contribution in [0.1, 0.15) is 13.3 Å². The first-order chi connectivity index (χ1) is 4.31. The second-order valence-corrected chi connectivity index (χ2v) is 3.37. The van der Waals surface area contributed by atoms with Crippen molar-refractivity contribution in [2.24, 2.45) is 0 Å². The van der Waals surface area contributed by atoms with Crippen LogP contribution in [0.2, 0.25) is 0 Å². The molecule has 0 aliphatic heterocycles. The lowest BCUT2D eigenvalue weighted by Crippen LogP contribution is -1.98. The summed E-state index contributed by atoms with van der Waals surface area (Å²) in [6, 6.07) is 0. The summed E-state index contributed by atoms with van der Waals surface area (Å²) in [4.78, 5) is 0. The topological polar surface area (TPSA) is 9.23 Å². The minimum Gasteiger partial charge on any atom is -0.490 e. The standard InChI is InChI=1S/C6H12OS2/c1-3-9-5-4-6(8)7-2/h3-5H2,1-2H3. The molecular weight excluding hydrogens is 152 g/mol. The Balaban J connectivity index is 2.97. The smallest absolute Gasteiger partial charge is 0.160 e. The number of thiocarbonyl (C=S) groups is 1. The molecule has 0 aliphatic rings. The maximum Gasteiger partial charge on any atom is 0.160 e. The number of thioether (sulfide) groups is 1. The third-order valence-electron chi connectivity index (χ3n) is 0.882. The average molecular weight is 164 g/mol. The van der Waals surface area contributed by atoms with Gasteiger partial charge < -0.3 is 4.74 Å². The molecule has 0 bridgehead atoms. The van der Waals surface area contributed by atoms with E-state index in [-0.39, 0.29) is 0 Å². The minimum absolute atomic E-state index is 0.718. The van der Waals surface area contributed by atoms with Gasteiger partial charge in [-0.2, -0.15) is 11.8 Å². The number of rotatable bonds is 4. The van der Waals surface area contributed by atoms with E-state index in [0.717, 1.165) is 23.0 Å². The van der Waals surface area contributed by atoms with Gasteiger partial charge >= 0.3 is 0 Å².